The third-order valence-corrected chi connectivity index (χ3v) is 3.17. The Balaban J connectivity index is 2.21. The summed E-state index contributed by atoms with van der Waals surface area (Å²) in [7, 11) is 3.08. The Hall–Kier alpha value is -1.46. The van der Waals surface area contributed by atoms with E-state index in [1.807, 2.05) is 0 Å². The molecule has 0 radical (unpaired) electrons. The van der Waals surface area contributed by atoms with Crippen LogP contribution in [-0.4, -0.2) is 38.7 Å². The highest BCUT2D eigenvalue weighted by Crippen LogP contribution is 2.23. The molecule has 1 fully saturated rings. The van der Waals surface area contributed by atoms with Crippen molar-refractivity contribution < 1.29 is 18.7 Å². The molecule has 0 aliphatic carbocycles. The molecule has 98 valence electrons. The van der Waals surface area contributed by atoms with E-state index in [0.29, 0.717) is 18.7 Å². The molecule has 2 unspecified atom stereocenters. The van der Waals surface area contributed by atoms with E-state index < -0.39 is 5.82 Å². The molecule has 0 spiro atoms. The van der Waals surface area contributed by atoms with Gasteiger partial charge in [0, 0.05) is 13.7 Å². The fraction of sp³-hybridized carbons (Fsp3) is 0.462. The summed E-state index contributed by atoms with van der Waals surface area (Å²) in [4.78, 5) is 12.3. The highest BCUT2D eigenvalue weighted by Gasteiger charge is 2.31. The first-order valence-corrected chi connectivity index (χ1v) is 5.79. The van der Waals surface area contributed by atoms with Gasteiger partial charge in [-0.15, -0.1) is 0 Å². The van der Waals surface area contributed by atoms with Crippen molar-refractivity contribution in [3.63, 3.8) is 0 Å². The van der Waals surface area contributed by atoms with Gasteiger partial charge in [-0.25, -0.2) is 4.39 Å². The van der Waals surface area contributed by atoms with Crippen LogP contribution in [-0.2, 0) is 4.74 Å². The van der Waals surface area contributed by atoms with Crippen molar-refractivity contribution >= 4 is 5.78 Å². The second kappa shape index (κ2) is 5.46. The summed E-state index contributed by atoms with van der Waals surface area (Å²) in [5.41, 5.74) is 0.270. The van der Waals surface area contributed by atoms with Crippen molar-refractivity contribution in [2.24, 2.45) is 0 Å². The van der Waals surface area contributed by atoms with Crippen molar-refractivity contribution in [1.29, 1.82) is 0 Å². The molecule has 1 heterocycles. The van der Waals surface area contributed by atoms with Gasteiger partial charge >= 0.3 is 0 Å². The Morgan fingerprint density at radius 3 is 2.83 bits per heavy atom. The van der Waals surface area contributed by atoms with Gasteiger partial charge in [0.25, 0.3) is 0 Å². The van der Waals surface area contributed by atoms with E-state index >= 15 is 0 Å². The largest absolute Gasteiger partial charge is 0.496 e. The number of Topliss-reactive ketones (excluding diaryl/α,β-unsaturated/α-hetero) is 1. The quantitative estimate of drug-likeness (QED) is 0.824. The van der Waals surface area contributed by atoms with Crippen molar-refractivity contribution in [2.45, 2.75) is 18.6 Å². The maximum Gasteiger partial charge on any atom is 0.183 e. The lowest BCUT2D eigenvalue weighted by Gasteiger charge is -2.12. The smallest absolute Gasteiger partial charge is 0.183 e. The molecule has 0 bridgehead atoms. The number of rotatable bonds is 4. The first-order valence-electron chi connectivity index (χ1n) is 5.79. The van der Waals surface area contributed by atoms with Gasteiger partial charge in [-0.1, -0.05) is 0 Å². The Labute approximate surface area is 105 Å². The fourth-order valence-corrected chi connectivity index (χ4v) is 2.14. The summed E-state index contributed by atoms with van der Waals surface area (Å²) < 4.78 is 23.5. The minimum atomic E-state index is -0.444. The molecule has 0 aromatic heterocycles. The van der Waals surface area contributed by atoms with Crippen LogP contribution >= 0.6 is 0 Å². The van der Waals surface area contributed by atoms with E-state index in [1.165, 1.54) is 25.3 Å². The van der Waals surface area contributed by atoms with E-state index in [4.69, 9.17) is 9.47 Å². The predicted octanol–water partition coefficient (Wildman–Crippen LogP) is 1.39. The van der Waals surface area contributed by atoms with Gasteiger partial charge in [-0.2, -0.15) is 0 Å². The highest BCUT2D eigenvalue weighted by molar-refractivity contribution is 6.02. The Morgan fingerprint density at radius 1 is 1.44 bits per heavy atom. The second-order valence-electron chi connectivity index (χ2n) is 4.26. The summed E-state index contributed by atoms with van der Waals surface area (Å²) >= 11 is 0. The van der Waals surface area contributed by atoms with Crippen LogP contribution < -0.4 is 10.1 Å². The van der Waals surface area contributed by atoms with Gasteiger partial charge < -0.3 is 14.8 Å². The number of nitrogens with one attached hydrogen (secondary N) is 1. The van der Waals surface area contributed by atoms with Crippen LogP contribution in [0.5, 0.6) is 5.75 Å². The number of hydrogen-bond donors (Lipinski definition) is 1. The summed E-state index contributed by atoms with van der Waals surface area (Å²) in [6, 6.07) is 3.61. The molecule has 1 aliphatic rings. The standard InChI is InChI=1S/C13H16FNO3/c1-17-9-6-11(15-7-9)13(16)10-5-8(14)3-4-12(10)18-2/h3-5,9,11,15H,6-7H2,1-2H3. The molecular weight excluding hydrogens is 237 g/mol. The Bertz CT molecular complexity index is 450. The molecule has 1 saturated heterocycles. The van der Waals surface area contributed by atoms with Gasteiger partial charge in [0.2, 0.25) is 0 Å². The Morgan fingerprint density at radius 2 is 2.22 bits per heavy atom. The van der Waals surface area contributed by atoms with Crippen molar-refractivity contribution in [2.75, 3.05) is 20.8 Å². The molecule has 0 saturated carbocycles. The highest BCUT2D eigenvalue weighted by atomic mass is 19.1. The third kappa shape index (κ3) is 2.52. The number of carbonyl (C=O) groups is 1. The van der Waals surface area contributed by atoms with Crippen LogP contribution in [0.3, 0.4) is 0 Å². The van der Waals surface area contributed by atoms with Crippen LogP contribution in [0.2, 0.25) is 0 Å². The number of ketones is 1. The predicted molar refractivity (Wildman–Crippen MR) is 64.5 cm³/mol. The zero-order chi connectivity index (χ0) is 13.1. The van der Waals surface area contributed by atoms with E-state index in [-0.39, 0.29) is 23.5 Å². The van der Waals surface area contributed by atoms with E-state index in [2.05, 4.69) is 5.32 Å². The molecule has 1 N–H and O–H groups in total. The van der Waals surface area contributed by atoms with Crippen molar-refractivity contribution in [3.8, 4) is 5.75 Å². The van der Waals surface area contributed by atoms with Crippen molar-refractivity contribution in [3.05, 3.63) is 29.6 Å². The van der Waals surface area contributed by atoms with Gasteiger partial charge in [0.05, 0.1) is 24.8 Å². The van der Waals surface area contributed by atoms with E-state index in [9.17, 15) is 9.18 Å². The number of carbonyl (C=O) groups excluding carboxylic acids is 1. The molecule has 2 atom stereocenters. The summed E-state index contributed by atoms with van der Waals surface area (Å²) in [6.45, 7) is 0.630. The summed E-state index contributed by atoms with van der Waals surface area (Å²) in [5, 5.41) is 3.07. The summed E-state index contributed by atoms with van der Waals surface area (Å²) in [5.74, 6) is -0.213. The lowest BCUT2D eigenvalue weighted by molar-refractivity contribution is 0.0915. The first kappa shape index (κ1) is 13.0. The van der Waals surface area contributed by atoms with Gasteiger partial charge in [-0.05, 0) is 24.6 Å². The molecule has 4 nitrogen and oxygen atoms in total. The SMILES string of the molecule is COc1ccc(F)cc1C(=O)C1CC(OC)CN1. The van der Waals surface area contributed by atoms with Crippen molar-refractivity contribution in [1.82, 2.24) is 5.32 Å². The lowest BCUT2D eigenvalue weighted by atomic mass is 10.0. The molecular formula is C13H16FNO3. The van der Waals surface area contributed by atoms with E-state index in [0.717, 1.165) is 0 Å². The van der Waals surface area contributed by atoms with Crippen LogP contribution in [0.25, 0.3) is 0 Å². The monoisotopic (exact) mass is 253 g/mol. The topological polar surface area (TPSA) is 47.6 Å². The van der Waals surface area contributed by atoms with E-state index in [1.54, 1.807) is 7.11 Å². The minimum absolute atomic E-state index is 0.0264. The van der Waals surface area contributed by atoms with Gasteiger partial charge in [0.1, 0.15) is 11.6 Å². The average Bonchev–Trinajstić information content (AvgIpc) is 2.86. The lowest BCUT2D eigenvalue weighted by Crippen LogP contribution is -2.31. The third-order valence-electron chi connectivity index (χ3n) is 3.17. The van der Waals surface area contributed by atoms with Crippen LogP contribution in [0, 0.1) is 5.82 Å². The van der Waals surface area contributed by atoms with Crippen LogP contribution in [0.4, 0.5) is 4.39 Å². The van der Waals surface area contributed by atoms with Gasteiger partial charge in [0.15, 0.2) is 5.78 Å². The minimum Gasteiger partial charge on any atom is -0.496 e. The Kier molecular flexibility index (Phi) is 3.93. The first-order chi connectivity index (χ1) is 8.65. The average molecular weight is 253 g/mol. The number of ether oxygens (including phenoxy) is 2. The number of methoxy groups -OCH3 is 2. The molecule has 18 heavy (non-hydrogen) atoms. The van der Waals surface area contributed by atoms with Crippen LogP contribution in [0.1, 0.15) is 16.8 Å². The molecule has 0 amide bonds. The normalized spacial score (nSPS) is 23.1. The summed E-state index contributed by atoms with van der Waals surface area (Å²) in [6.07, 6.45) is 0.619. The zero-order valence-corrected chi connectivity index (χ0v) is 10.4. The molecule has 5 heteroatoms. The molecule has 1 aromatic carbocycles. The maximum atomic E-state index is 13.2. The fourth-order valence-electron chi connectivity index (χ4n) is 2.14. The second-order valence-corrected chi connectivity index (χ2v) is 4.26. The molecule has 1 aliphatic heterocycles. The molecule has 2 rings (SSSR count). The number of benzene rings is 1. The number of halogens is 1. The van der Waals surface area contributed by atoms with Gasteiger partial charge in [-0.3, -0.25) is 4.79 Å². The zero-order valence-electron chi connectivity index (χ0n) is 10.4. The molecule has 1 aromatic rings. The van der Waals surface area contributed by atoms with Crippen LogP contribution in [0.15, 0.2) is 18.2 Å². The number of hydrogen-bond acceptors (Lipinski definition) is 4. The maximum absolute atomic E-state index is 13.2.